The van der Waals surface area contributed by atoms with Crippen molar-refractivity contribution in [1.82, 2.24) is 9.59 Å². The summed E-state index contributed by atoms with van der Waals surface area (Å²) in [5, 5.41) is 3.85. The molecule has 0 radical (unpaired) electrons. The predicted molar refractivity (Wildman–Crippen MR) is 62.2 cm³/mol. The van der Waals surface area contributed by atoms with Crippen LogP contribution in [0.5, 0.6) is 11.5 Å². The lowest BCUT2D eigenvalue weighted by Crippen LogP contribution is -1.96. The minimum atomic E-state index is 0.321. The largest absolute Gasteiger partial charge is 0.497 e. The van der Waals surface area contributed by atoms with Gasteiger partial charge in [-0.1, -0.05) is 16.1 Å². The molecule has 0 aliphatic heterocycles. The van der Waals surface area contributed by atoms with E-state index in [1.54, 1.807) is 7.11 Å². The molecule has 0 aliphatic rings. The highest BCUT2D eigenvalue weighted by Crippen LogP contribution is 2.21. The highest BCUT2D eigenvalue weighted by atomic mass is 35.5. The third-order valence-corrected chi connectivity index (χ3v) is 2.93. The summed E-state index contributed by atoms with van der Waals surface area (Å²) >= 11 is 7.00. The van der Waals surface area contributed by atoms with Crippen LogP contribution in [0.2, 0.25) is 4.34 Å². The van der Waals surface area contributed by atoms with E-state index in [0.717, 1.165) is 23.0 Å². The standard InChI is InChI=1S/C10H9ClN2O2S/c1-14-7-2-4-8(5-3-7)15-6-9-10(11)16-13-12-9/h2-5H,6H2,1H3. The molecule has 0 N–H and O–H groups in total. The predicted octanol–water partition coefficient (Wildman–Crippen LogP) is 2.78. The van der Waals surface area contributed by atoms with Crippen LogP contribution in [0.4, 0.5) is 0 Å². The molecule has 2 rings (SSSR count). The molecular formula is C10H9ClN2O2S. The van der Waals surface area contributed by atoms with Crippen LogP contribution >= 0.6 is 23.1 Å². The van der Waals surface area contributed by atoms with E-state index in [4.69, 9.17) is 21.1 Å². The van der Waals surface area contributed by atoms with Crippen molar-refractivity contribution in [1.29, 1.82) is 0 Å². The van der Waals surface area contributed by atoms with Crippen molar-refractivity contribution < 1.29 is 9.47 Å². The molecule has 1 heterocycles. The topological polar surface area (TPSA) is 44.2 Å². The molecule has 0 atom stereocenters. The quantitative estimate of drug-likeness (QED) is 0.844. The summed E-state index contributed by atoms with van der Waals surface area (Å²) in [5.41, 5.74) is 0.655. The zero-order chi connectivity index (χ0) is 11.4. The summed E-state index contributed by atoms with van der Waals surface area (Å²) in [6, 6.07) is 7.31. The Morgan fingerprint density at radius 3 is 2.50 bits per heavy atom. The lowest BCUT2D eigenvalue weighted by Gasteiger charge is -2.05. The molecule has 0 bridgehead atoms. The van der Waals surface area contributed by atoms with Gasteiger partial charge in [-0.2, -0.15) is 0 Å². The molecule has 0 fully saturated rings. The number of benzene rings is 1. The molecule has 84 valence electrons. The maximum Gasteiger partial charge on any atom is 0.141 e. The lowest BCUT2D eigenvalue weighted by atomic mass is 10.3. The number of ether oxygens (including phenoxy) is 2. The minimum Gasteiger partial charge on any atom is -0.497 e. The summed E-state index contributed by atoms with van der Waals surface area (Å²) < 4.78 is 14.8. The average molecular weight is 257 g/mol. The number of hydrogen-bond donors (Lipinski definition) is 0. The maximum absolute atomic E-state index is 5.85. The van der Waals surface area contributed by atoms with Gasteiger partial charge in [-0.3, -0.25) is 0 Å². The molecular weight excluding hydrogens is 248 g/mol. The first-order valence-corrected chi connectivity index (χ1v) is 5.68. The van der Waals surface area contributed by atoms with Crippen molar-refractivity contribution in [2.45, 2.75) is 6.61 Å². The van der Waals surface area contributed by atoms with E-state index >= 15 is 0 Å². The number of hydrogen-bond acceptors (Lipinski definition) is 5. The number of rotatable bonds is 4. The highest BCUT2D eigenvalue weighted by molar-refractivity contribution is 7.10. The monoisotopic (exact) mass is 256 g/mol. The molecule has 0 spiro atoms. The van der Waals surface area contributed by atoms with Crippen LogP contribution in [0.1, 0.15) is 5.69 Å². The molecule has 0 amide bonds. The van der Waals surface area contributed by atoms with Crippen molar-refractivity contribution >= 4 is 23.1 Å². The van der Waals surface area contributed by atoms with Crippen LogP contribution in [0.25, 0.3) is 0 Å². The summed E-state index contributed by atoms with van der Waals surface area (Å²) in [5.74, 6) is 1.53. The van der Waals surface area contributed by atoms with Gasteiger partial charge in [0, 0.05) is 11.5 Å². The molecule has 6 heteroatoms. The van der Waals surface area contributed by atoms with Gasteiger partial charge in [-0.05, 0) is 24.3 Å². The SMILES string of the molecule is COc1ccc(OCc2nnsc2Cl)cc1. The first kappa shape index (κ1) is 11.2. The van der Waals surface area contributed by atoms with E-state index in [-0.39, 0.29) is 0 Å². The molecule has 16 heavy (non-hydrogen) atoms. The Bertz CT molecular complexity index is 458. The van der Waals surface area contributed by atoms with Crippen LogP contribution in [0, 0.1) is 0 Å². The van der Waals surface area contributed by atoms with Crippen LogP contribution < -0.4 is 9.47 Å². The fourth-order valence-electron chi connectivity index (χ4n) is 1.11. The van der Waals surface area contributed by atoms with Gasteiger partial charge in [0.1, 0.15) is 28.1 Å². The number of halogens is 1. The first-order chi connectivity index (χ1) is 7.79. The zero-order valence-electron chi connectivity index (χ0n) is 8.51. The van der Waals surface area contributed by atoms with Crippen LogP contribution in [-0.2, 0) is 6.61 Å². The normalized spacial score (nSPS) is 10.1. The average Bonchev–Trinajstić information content (AvgIpc) is 2.73. The minimum absolute atomic E-state index is 0.321. The summed E-state index contributed by atoms with van der Waals surface area (Å²) in [6.07, 6.45) is 0. The molecule has 1 aromatic heterocycles. The summed E-state index contributed by atoms with van der Waals surface area (Å²) in [7, 11) is 1.62. The van der Waals surface area contributed by atoms with Gasteiger partial charge in [0.25, 0.3) is 0 Å². The number of nitrogens with zero attached hydrogens (tertiary/aromatic N) is 2. The molecule has 2 aromatic rings. The number of aromatic nitrogens is 2. The molecule has 0 unspecified atom stereocenters. The van der Waals surface area contributed by atoms with E-state index in [0.29, 0.717) is 16.6 Å². The second kappa shape index (κ2) is 5.14. The van der Waals surface area contributed by atoms with Crippen LogP contribution in [-0.4, -0.2) is 16.7 Å². The van der Waals surface area contributed by atoms with Crippen LogP contribution in [0.15, 0.2) is 24.3 Å². The van der Waals surface area contributed by atoms with Crippen molar-refractivity contribution in [3.63, 3.8) is 0 Å². The Morgan fingerprint density at radius 2 is 1.94 bits per heavy atom. The smallest absolute Gasteiger partial charge is 0.141 e. The molecule has 1 aromatic carbocycles. The van der Waals surface area contributed by atoms with Gasteiger partial charge >= 0.3 is 0 Å². The van der Waals surface area contributed by atoms with Crippen molar-refractivity contribution in [2.24, 2.45) is 0 Å². The second-order valence-electron chi connectivity index (χ2n) is 2.96. The van der Waals surface area contributed by atoms with Crippen molar-refractivity contribution in [3.05, 3.63) is 34.3 Å². The van der Waals surface area contributed by atoms with Gasteiger partial charge in [0.15, 0.2) is 0 Å². The Kier molecular flexibility index (Phi) is 3.58. The van der Waals surface area contributed by atoms with E-state index in [1.165, 1.54) is 0 Å². The second-order valence-corrected chi connectivity index (χ2v) is 4.31. The Morgan fingerprint density at radius 1 is 1.25 bits per heavy atom. The third-order valence-electron chi connectivity index (χ3n) is 1.94. The number of methoxy groups -OCH3 is 1. The Hall–Kier alpha value is -1.33. The van der Waals surface area contributed by atoms with E-state index < -0.39 is 0 Å². The van der Waals surface area contributed by atoms with Gasteiger partial charge in [0.2, 0.25) is 0 Å². The molecule has 0 saturated heterocycles. The Labute approximate surface area is 102 Å². The fraction of sp³-hybridized carbons (Fsp3) is 0.200. The lowest BCUT2D eigenvalue weighted by molar-refractivity contribution is 0.300. The summed E-state index contributed by atoms with van der Waals surface area (Å²) in [6.45, 7) is 0.321. The maximum atomic E-state index is 5.85. The van der Waals surface area contributed by atoms with Gasteiger partial charge < -0.3 is 9.47 Å². The van der Waals surface area contributed by atoms with Gasteiger partial charge in [0.05, 0.1) is 7.11 Å². The zero-order valence-corrected chi connectivity index (χ0v) is 10.1. The van der Waals surface area contributed by atoms with E-state index in [2.05, 4.69) is 9.59 Å². The summed E-state index contributed by atoms with van der Waals surface area (Å²) in [4.78, 5) is 0. The molecule has 4 nitrogen and oxygen atoms in total. The third kappa shape index (κ3) is 2.62. The molecule has 0 saturated carbocycles. The first-order valence-electron chi connectivity index (χ1n) is 4.53. The Balaban J connectivity index is 1.97. The van der Waals surface area contributed by atoms with Gasteiger partial charge in [-0.25, -0.2) is 0 Å². The van der Waals surface area contributed by atoms with E-state index in [9.17, 15) is 0 Å². The van der Waals surface area contributed by atoms with Crippen molar-refractivity contribution in [2.75, 3.05) is 7.11 Å². The van der Waals surface area contributed by atoms with E-state index in [1.807, 2.05) is 24.3 Å². The molecule has 0 aliphatic carbocycles. The van der Waals surface area contributed by atoms with Gasteiger partial charge in [-0.15, -0.1) is 5.10 Å². The highest BCUT2D eigenvalue weighted by Gasteiger charge is 2.05. The van der Waals surface area contributed by atoms with Crippen molar-refractivity contribution in [3.8, 4) is 11.5 Å². The van der Waals surface area contributed by atoms with Crippen LogP contribution in [0.3, 0.4) is 0 Å². The fourth-order valence-corrected chi connectivity index (χ4v) is 1.71.